The number of hydrogen-bond donors (Lipinski definition) is 1. The fourth-order valence-electron chi connectivity index (χ4n) is 2.61. The summed E-state index contributed by atoms with van der Waals surface area (Å²) in [5.41, 5.74) is 3.93. The summed E-state index contributed by atoms with van der Waals surface area (Å²) in [4.78, 5) is 24.1. The average molecular weight is 369 g/mol. The lowest BCUT2D eigenvalue weighted by atomic mass is 10.1. The highest BCUT2D eigenvalue weighted by atomic mass is 16.5. The van der Waals surface area contributed by atoms with Crippen molar-refractivity contribution in [2.45, 2.75) is 46.6 Å². The van der Waals surface area contributed by atoms with Crippen LogP contribution in [0.4, 0.5) is 5.69 Å². The number of carbonyl (C=O) groups excluding carboxylic acids is 2. The number of benzene rings is 2. The number of rotatable bonds is 8. The van der Waals surface area contributed by atoms with Crippen molar-refractivity contribution < 1.29 is 19.1 Å². The molecule has 144 valence electrons. The first kappa shape index (κ1) is 20.5. The molecule has 0 aliphatic rings. The minimum absolute atomic E-state index is 0.201. The lowest BCUT2D eigenvalue weighted by Gasteiger charge is -2.15. The van der Waals surface area contributed by atoms with E-state index < -0.39 is 12.1 Å². The summed E-state index contributed by atoms with van der Waals surface area (Å²) in [6, 6.07) is 13.5. The van der Waals surface area contributed by atoms with Crippen molar-refractivity contribution in [3.05, 3.63) is 59.2 Å². The van der Waals surface area contributed by atoms with Crippen molar-refractivity contribution in [2.24, 2.45) is 0 Å². The smallest absolute Gasteiger partial charge is 0.306 e. The van der Waals surface area contributed by atoms with E-state index in [0.29, 0.717) is 13.0 Å². The maximum absolute atomic E-state index is 12.2. The summed E-state index contributed by atoms with van der Waals surface area (Å²) in [5, 5.41) is 2.80. The molecule has 5 nitrogen and oxygen atoms in total. The highest BCUT2D eigenvalue weighted by molar-refractivity contribution is 5.95. The molecule has 0 bridgehead atoms. The number of ether oxygens (including phenoxy) is 2. The van der Waals surface area contributed by atoms with Gasteiger partial charge in [-0.15, -0.1) is 0 Å². The van der Waals surface area contributed by atoms with E-state index in [1.807, 2.05) is 63.2 Å². The first-order chi connectivity index (χ1) is 12.8. The zero-order chi connectivity index (χ0) is 19.8. The van der Waals surface area contributed by atoms with Gasteiger partial charge in [0.1, 0.15) is 5.75 Å². The van der Waals surface area contributed by atoms with Crippen molar-refractivity contribution in [3.63, 3.8) is 0 Å². The van der Waals surface area contributed by atoms with E-state index in [1.54, 1.807) is 6.92 Å². The molecular weight excluding hydrogens is 342 g/mol. The molecule has 27 heavy (non-hydrogen) atoms. The number of nitrogens with one attached hydrogen (secondary N) is 1. The van der Waals surface area contributed by atoms with E-state index in [1.165, 1.54) is 0 Å². The maximum atomic E-state index is 12.2. The van der Waals surface area contributed by atoms with Crippen LogP contribution < -0.4 is 10.1 Å². The molecular formula is C22H27NO4. The second-order valence-corrected chi connectivity index (χ2v) is 6.71. The van der Waals surface area contributed by atoms with Crippen LogP contribution >= 0.6 is 0 Å². The minimum atomic E-state index is -0.851. The lowest BCUT2D eigenvalue weighted by molar-refractivity contribution is -0.153. The van der Waals surface area contributed by atoms with Gasteiger partial charge >= 0.3 is 5.97 Å². The summed E-state index contributed by atoms with van der Waals surface area (Å²) in [7, 11) is 0. The van der Waals surface area contributed by atoms with Crippen molar-refractivity contribution >= 4 is 17.6 Å². The predicted molar refractivity (Wildman–Crippen MR) is 106 cm³/mol. The molecule has 1 amide bonds. The lowest BCUT2D eigenvalue weighted by Crippen LogP contribution is -2.30. The molecule has 0 radical (unpaired) electrons. The van der Waals surface area contributed by atoms with Crippen LogP contribution in [0, 0.1) is 20.8 Å². The van der Waals surface area contributed by atoms with E-state index in [0.717, 1.165) is 28.1 Å². The Hall–Kier alpha value is -2.82. The first-order valence-corrected chi connectivity index (χ1v) is 9.12. The van der Waals surface area contributed by atoms with Crippen LogP contribution in [0.3, 0.4) is 0 Å². The van der Waals surface area contributed by atoms with Gasteiger partial charge in [-0.25, -0.2) is 0 Å². The van der Waals surface area contributed by atoms with Gasteiger partial charge in [0.2, 0.25) is 0 Å². The van der Waals surface area contributed by atoms with Crippen LogP contribution in [0.15, 0.2) is 42.5 Å². The van der Waals surface area contributed by atoms with Gasteiger partial charge in [-0.05, 0) is 63.4 Å². The van der Waals surface area contributed by atoms with Gasteiger partial charge in [0, 0.05) is 12.1 Å². The van der Waals surface area contributed by atoms with Gasteiger partial charge < -0.3 is 14.8 Å². The van der Waals surface area contributed by atoms with Gasteiger partial charge in [0.25, 0.3) is 5.91 Å². The van der Waals surface area contributed by atoms with E-state index in [2.05, 4.69) is 5.32 Å². The number of amides is 1. The topological polar surface area (TPSA) is 64.6 Å². The normalized spacial score (nSPS) is 11.6. The molecule has 0 aromatic heterocycles. The molecule has 0 fully saturated rings. The van der Waals surface area contributed by atoms with Gasteiger partial charge in [-0.2, -0.15) is 0 Å². The van der Waals surface area contributed by atoms with Crippen molar-refractivity contribution in [1.29, 1.82) is 0 Å². The Morgan fingerprint density at radius 1 is 1.04 bits per heavy atom. The zero-order valence-corrected chi connectivity index (χ0v) is 16.4. The Kier molecular flexibility index (Phi) is 7.41. The number of hydrogen-bond acceptors (Lipinski definition) is 4. The molecule has 1 atom stereocenters. The molecule has 0 saturated heterocycles. The summed E-state index contributed by atoms with van der Waals surface area (Å²) in [6.45, 7) is 7.90. The van der Waals surface area contributed by atoms with E-state index in [9.17, 15) is 9.59 Å². The van der Waals surface area contributed by atoms with Gasteiger partial charge in [-0.1, -0.05) is 29.8 Å². The molecule has 1 N–H and O–H groups in total. The van der Waals surface area contributed by atoms with Crippen molar-refractivity contribution in [1.82, 2.24) is 0 Å². The fourth-order valence-corrected chi connectivity index (χ4v) is 2.61. The molecule has 0 unspecified atom stereocenters. The number of anilines is 1. The summed E-state index contributed by atoms with van der Waals surface area (Å²) >= 11 is 0. The quantitative estimate of drug-likeness (QED) is 0.555. The first-order valence-electron chi connectivity index (χ1n) is 9.12. The summed E-state index contributed by atoms with van der Waals surface area (Å²) in [5.74, 6) is 0.0296. The molecule has 0 aliphatic carbocycles. The molecule has 5 heteroatoms. The molecule has 0 saturated carbocycles. The third-order valence-corrected chi connectivity index (χ3v) is 4.10. The minimum Gasteiger partial charge on any atom is -0.494 e. The SMILES string of the molecule is Cc1cccc(OCCCC(=O)O[C@H](C)C(=O)Nc2ccc(C)cc2C)c1. The van der Waals surface area contributed by atoms with Crippen molar-refractivity contribution in [2.75, 3.05) is 11.9 Å². The third kappa shape index (κ3) is 6.77. The van der Waals surface area contributed by atoms with Crippen LogP contribution in [0.2, 0.25) is 0 Å². The van der Waals surface area contributed by atoms with Crippen LogP contribution in [-0.4, -0.2) is 24.6 Å². The van der Waals surface area contributed by atoms with E-state index in [4.69, 9.17) is 9.47 Å². The maximum Gasteiger partial charge on any atom is 0.306 e. The highest BCUT2D eigenvalue weighted by Gasteiger charge is 2.18. The van der Waals surface area contributed by atoms with Crippen LogP contribution in [-0.2, 0) is 14.3 Å². The van der Waals surface area contributed by atoms with Crippen molar-refractivity contribution in [3.8, 4) is 5.75 Å². The van der Waals surface area contributed by atoms with Gasteiger partial charge in [0.15, 0.2) is 6.10 Å². The largest absolute Gasteiger partial charge is 0.494 e. The monoisotopic (exact) mass is 369 g/mol. The zero-order valence-electron chi connectivity index (χ0n) is 16.4. The highest BCUT2D eigenvalue weighted by Crippen LogP contribution is 2.17. The molecule has 0 spiro atoms. The average Bonchev–Trinajstić information content (AvgIpc) is 2.61. The number of carbonyl (C=O) groups is 2. The molecule has 2 aromatic rings. The van der Waals surface area contributed by atoms with E-state index >= 15 is 0 Å². The van der Waals surface area contributed by atoms with E-state index in [-0.39, 0.29) is 12.3 Å². The predicted octanol–water partition coefficient (Wildman–Crippen LogP) is 4.34. The Bertz CT molecular complexity index is 801. The Balaban J connectivity index is 1.71. The molecule has 0 aliphatic heterocycles. The van der Waals surface area contributed by atoms with Gasteiger partial charge in [0.05, 0.1) is 6.61 Å². The molecule has 2 aromatic carbocycles. The molecule has 0 heterocycles. The second-order valence-electron chi connectivity index (χ2n) is 6.71. The third-order valence-electron chi connectivity index (χ3n) is 4.10. The molecule has 2 rings (SSSR count). The van der Waals surface area contributed by atoms with Gasteiger partial charge in [-0.3, -0.25) is 9.59 Å². The summed E-state index contributed by atoms with van der Waals surface area (Å²) < 4.78 is 10.8. The fraction of sp³-hybridized carbons (Fsp3) is 0.364. The Labute approximate surface area is 160 Å². The standard InChI is InChI=1S/C22H27NO4/c1-15-7-5-8-19(14-15)26-12-6-9-21(24)27-18(4)22(25)23-20-11-10-16(2)13-17(20)3/h5,7-8,10-11,13-14,18H,6,9,12H2,1-4H3,(H,23,25)/t18-/m1/s1. The Morgan fingerprint density at radius 2 is 1.78 bits per heavy atom. The van der Waals surface area contributed by atoms with Crippen LogP contribution in [0.25, 0.3) is 0 Å². The second kappa shape index (κ2) is 9.76. The number of aryl methyl sites for hydroxylation is 3. The Morgan fingerprint density at radius 3 is 2.48 bits per heavy atom. The number of esters is 1. The van der Waals surface area contributed by atoms with Crippen LogP contribution in [0.1, 0.15) is 36.5 Å². The van der Waals surface area contributed by atoms with Crippen LogP contribution in [0.5, 0.6) is 5.75 Å². The summed E-state index contributed by atoms with van der Waals surface area (Å²) in [6.07, 6.45) is -0.124.